The number of benzene rings is 1. The lowest BCUT2D eigenvalue weighted by Crippen LogP contribution is -2.38. The van der Waals surface area contributed by atoms with Crippen LogP contribution in [0.15, 0.2) is 52.8 Å². The van der Waals surface area contributed by atoms with Gasteiger partial charge < -0.3 is 4.43 Å². The van der Waals surface area contributed by atoms with Gasteiger partial charge in [0.05, 0.1) is 16.9 Å². The molecule has 2 atom stereocenters. The van der Waals surface area contributed by atoms with E-state index in [4.69, 9.17) is 4.43 Å². The van der Waals surface area contributed by atoms with E-state index < -0.39 is 19.1 Å². The van der Waals surface area contributed by atoms with Crippen LogP contribution in [0.2, 0.25) is 18.1 Å². The van der Waals surface area contributed by atoms with Crippen LogP contribution in [0, 0.1) is 6.92 Å². The summed E-state index contributed by atoms with van der Waals surface area (Å²) in [4.78, 5) is 1.72. The second kappa shape index (κ2) is 10.1. The van der Waals surface area contributed by atoms with Crippen molar-refractivity contribution in [2.24, 2.45) is 0 Å². The molecule has 0 radical (unpaired) electrons. The van der Waals surface area contributed by atoms with Crippen LogP contribution in [-0.2, 0) is 15.2 Å². The van der Waals surface area contributed by atoms with Crippen LogP contribution in [0.3, 0.4) is 0 Å². The Bertz CT molecular complexity index is 566. The Labute approximate surface area is 151 Å². The third-order valence-electron chi connectivity index (χ3n) is 4.61. The quantitative estimate of drug-likeness (QED) is 0.377. The lowest BCUT2D eigenvalue weighted by molar-refractivity contribution is 0.251. The average molecular weight is 365 g/mol. The number of hydrogen-bond acceptors (Lipinski definition) is 2. The van der Waals surface area contributed by atoms with Crippen molar-refractivity contribution in [3.05, 3.63) is 53.5 Å². The first-order chi connectivity index (χ1) is 11.4. The monoisotopic (exact) mass is 364 g/mol. The highest BCUT2D eigenvalue weighted by atomic mass is 32.2. The van der Waals surface area contributed by atoms with Crippen molar-refractivity contribution in [2.75, 3.05) is 0 Å². The standard InChI is InChI=1S/C20H32O2SSi/c1-7-11-20(23(21)19-14-12-17(5)13-15-19)16-18(6)22-24(8-2,9-3)10-4/h7,12-16,18H,1,8-11H2,2-6H3/b20-16-/t18-,23-/m0/s1. The Morgan fingerprint density at radius 1 is 1.21 bits per heavy atom. The van der Waals surface area contributed by atoms with Gasteiger partial charge in [-0.15, -0.1) is 6.58 Å². The molecule has 4 heteroatoms. The third-order valence-corrected chi connectivity index (χ3v) is 10.8. The van der Waals surface area contributed by atoms with Crippen LogP contribution in [0.25, 0.3) is 0 Å². The molecule has 1 rings (SSSR count). The second-order valence-corrected chi connectivity index (χ2v) is 12.5. The van der Waals surface area contributed by atoms with E-state index in [1.165, 1.54) is 5.56 Å². The molecular formula is C20H32O2SSi. The third kappa shape index (κ3) is 5.83. The normalized spacial score (nSPS) is 15.1. The summed E-state index contributed by atoms with van der Waals surface area (Å²) in [5, 5.41) is 0. The van der Waals surface area contributed by atoms with Gasteiger partial charge in [0, 0.05) is 9.80 Å². The number of hydrogen-bond donors (Lipinski definition) is 0. The lowest BCUT2D eigenvalue weighted by atomic mass is 10.2. The molecule has 0 fully saturated rings. The van der Waals surface area contributed by atoms with Crippen LogP contribution in [-0.4, -0.2) is 18.6 Å². The topological polar surface area (TPSA) is 26.3 Å². The van der Waals surface area contributed by atoms with Gasteiger partial charge >= 0.3 is 0 Å². The maximum atomic E-state index is 12.9. The molecule has 0 aromatic heterocycles. The van der Waals surface area contributed by atoms with Crippen LogP contribution in [0.1, 0.15) is 39.7 Å². The van der Waals surface area contributed by atoms with E-state index in [1.54, 1.807) is 0 Å². The van der Waals surface area contributed by atoms with Crippen LogP contribution in [0.5, 0.6) is 0 Å². The van der Waals surface area contributed by atoms with Gasteiger partial charge in [-0.25, -0.2) is 4.21 Å². The first kappa shape index (κ1) is 21.1. The van der Waals surface area contributed by atoms with E-state index in [2.05, 4.69) is 34.3 Å². The molecule has 0 saturated carbocycles. The van der Waals surface area contributed by atoms with Crippen molar-refractivity contribution in [1.29, 1.82) is 0 Å². The van der Waals surface area contributed by atoms with E-state index in [0.29, 0.717) is 6.42 Å². The fourth-order valence-corrected chi connectivity index (χ4v) is 6.98. The SMILES string of the molecule is C=CC/C(=C/[C@H](C)O[Si](CC)(CC)CC)[S@@](=O)c1ccc(C)cc1. The first-order valence-electron chi connectivity index (χ1n) is 8.89. The zero-order valence-electron chi connectivity index (χ0n) is 15.8. The Morgan fingerprint density at radius 3 is 2.21 bits per heavy atom. The van der Waals surface area contributed by atoms with Crippen molar-refractivity contribution in [2.45, 2.75) is 70.2 Å². The Morgan fingerprint density at radius 2 is 1.75 bits per heavy atom. The van der Waals surface area contributed by atoms with Crippen molar-refractivity contribution in [3.8, 4) is 0 Å². The average Bonchev–Trinajstić information content (AvgIpc) is 2.59. The van der Waals surface area contributed by atoms with Crippen LogP contribution < -0.4 is 0 Å². The summed E-state index contributed by atoms with van der Waals surface area (Å²) in [7, 11) is -2.82. The zero-order chi connectivity index (χ0) is 18.2. The van der Waals surface area contributed by atoms with Crippen molar-refractivity contribution >= 4 is 19.1 Å². The molecule has 24 heavy (non-hydrogen) atoms. The summed E-state index contributed by atoms with van der Waals surface area (Å²) in [6.07, 6.45) is 4.46. The molecule has 1 aromatic carbocycles. The van der Waals surface area contributed by atoms with Gasteiger partial charge in [0.1, 0.15) is 0 Å². The molecular weight excluding hydrogens is 332 g/mol. The summed E-state index contributed by atoms with van der Waals surface area (Å²) in [6.45, 7) is 14.6. The number of allylic oxidation sites excluding steroid dienone is 2. The summed E-state index contributed by atoms with van der Waals surface area (Å²) in [5.41, 5.74) is 1.17. The zero-order valence-corrected chi connectivity index (χ0v) is 17.6. The molecule has 0 unspecified atom stereocenters. The highest BCUT2D eigenvalue weighted by Crippen LogP contribution is 2.25. The number of aryl methyl sites for hydroxylation is 1. The Hall–Kier alpha value is -0.973. The molecule has 0 saturated heterocycles. The highest BCUT2D eigenvalue weighted by molar-refractivity contribution is 7.89. The number of rotatable bonds is 10. The summed E-state index contributed by atoms with van der Waals surface area (Å²) in [5.74, 6) is 0. The van der Waals surface area contributed by atoms with Crippen LogP contribution in [0.4, 0.5) is 0 Å². The van der Waals surface area contributed by atoms with E-state index >= 15 is 0 Å². The Balaban J connectivity index is 3.01. The molecule has 0 amide bonds. The highest BCUT2D eigenvalue weighted by Gasteiger charge is 2.30. The van der Waals surface area contributed by atoms with Crippen molar-refractivity contribution < 1.29 is 8.63 Å². The van der Waals surface area contributed by atoms with E-state index in [-0.39, 0.29) is 6.10 Å². The van der Waals surface area contributed by atoms with E-state index in [9.17, 15) is 4.21 Å². The van der Waals surface area contributed by atoms with E-state index in [0.717, 1.165) is 27.9 Å². The Kier molecular flexibility index (Phi) is 8.88. The smallest absolute Gasteiger partial charge is 0.192 e. The minimum atomic E-state index is -1.66. The van der Waals surface area contributed by atoms with Gasteiger partial charge in [0.15, 0.2) is 8.32 Å². The largest absolute Gasteiger partial charge is 0.411 e. The van der Waals surface area contributed by atoms with Gasteiger partial charge in [-0.05, 0) is 56.6 Å². The summed E-state index contributed by atoms with van der Waals surface area (Å²) in [6, 6.07) is 11.2. The maximum absolute atomic E-state index is 12.9. The van der Waals surface area contributed by atoms with Gasteiger partial charge in [-0.3, -0.25) is 0 Å². The minimum Gasteiger partial charge on any atom is -0.411 e. The van der Waals surface area contributed by atoms with Gasteiger partial charge in [-0.1, -0.05) is 44.5 Å². The molecule has 0 spiro atoms. The lowest BCUT2D eigenvalue weighted by Gasteiger charge is -2.31. The molecule has 0 bridgehead atoms. The fourth-order valence-electron chi connectivity index (χ4n) is 2.85. The molecule has 0 aliphatic carbocycles. The predicted octanol–water partition coefficient (Wildman–Crippen LogP) is 5.97. The maximum Gasteiger partial charge on any atom is 0.192 e. The molecule has 1 aromatic rings. The van der Waals surface area contributed by atoms with Crippen molar-refractivity contribution in [1.82, 2.24) is 0 Å². The molecule has 0 aliphatic rings. The van der Waals surface area contributed by atoms with Crippen molar-refractivity contribution in [3.63, 3.8) is 0 Å². The van der Waals surface area contributed by atoms with Gasteiger partial charge in [0.25, 0.3) is 0 Å². The summed E-state index contributed by atoms with van der Waals surface area (Å²) < 4.78 is 19.4. The molecule has 2 nitrogen and oxygen atoms in total. The summed E-state index contributed by atoms with van der Waals surface area (Å²) >= 11 is 0. The first-order valence-corrected chi connectivity index (χ1v) is 12.6. The van der Waals surface area contributed by atoms with Gasteiger partial charge in [0.2, 0.25) is 0 Å². The minimum absolute atomic E-state index is 0.0131. The van der Waals surface area contributed by atoms with Gasteiger partial charge in [-0.2, -0.15) is 0 Å². The van der Waals surface area contributed by atoms with Crippen LogP contribution >= 0.6 is 0 Å². The fraction of sp³-hybridized carbons (Fsp3) is 0.500. The predicted molar refractivity (Wildman–Crippen MR) is 108 cm³/mol. The second-order valence-electron chi connectivity index (χ2n) is 6.27. The molecule has 0 N–H and O–H groups in total. The molecule has 0 aliphatic heterocycles. The molecule has 134 valence electrons. The molecule has 0 heterocycles. The van der Waals surface area contributed by atoms with E-state index in [1.807, 2.05) is 43.3 Å².